The van der Waals surface area contributed by atoms with Crippen molar-refractivity contribution in [2.45, 2.75) is 25.8 Å². The maximum atomic E-state index is 12.1. The highest BCUT2D eigenvalue weighted by Gasteiger charge is 2.22. The Morgan fingerprint density at radius 1 is 1.33 bits per heavy atom. The van der Waals surface area contributed by atoms with Crippen LogP contribution >= 0.6 is 15.9 Å². The molecule has 1 amide bonds. The average Bonchev–Trinajstić information content (AvgIpc) is 2.41. The van der Waals surface area contributed by atoms with Crippen LogP contribution in [0.3, 0.4) is 0 Å². The first kappa shape index (κ1) is 17.2. The van der Waals surface area contributed by atoms with Crippen molar-refractivity contribution in [3.8, 4) is 0 Å². The van der Waals surface area contributed by atoms with Crippen LogP contribution in [0.2, 0.25) is 0 Å². The van der Waals surface area contributed by atoms with Gasteiger partial charge in [-0.2, -0.15) is 0 Å². The van der Waals surface area contributed by atoms with Gasteiger partial charge in [-0.3, -0.25) is 9.59 Å². The zero-order chi connectivity index (χ0) is 16.0. The number of carbonyl (C=O) groups is 3. The molecule has 21 heavy (non-hydrogen) atoms. The first-order chi connectivity index (χ1) is 9.83. The largest absolute Gasteiger partial charge is 0.480 e. The van der Waals surface area contributed by atoms with Gasteiger partial charge in [0.25, 0.3) is 5.91 Å². The van der Waals surface area contributed by atoms with Crippen molar-refractivity contribution in [3.05, 3.63) is 33.8 Å². The number of esters is 1. The van der Waals surface area contributed by atoms with Crippen molar-refractivity contribution in [1.29, 1.82) is 0 Å². The third kappa shape index (κ3) is 5.55. The van der Waals surface area contributed by atoms with E-state index in [0.29, 0.717) is 5.56 Å². The Labute approximate surface area is 130 Å². The molecule has 0 saturated carbocycles. The molecule has 7 heteroatoms. The Morgan fingerprint density at radius 2 is 2.00 bits per heavy atom. The van der Waals surface area contributed by atoms with E-state index in [1.165, 1.54) is 7.11 Å². The molecule has 0 fully saturated rings. The highest BCUT2D eigenvalue weighted by atomic mass is 79.9. The van der Waals surface area contributed by atoms with Gasteiger partial charge in [0.15, 0.2) is 0 Å². The fourth-order valence-corrected chi connectivity index (χ4v) is 2.34. The van der Waals surface area contributed by atoms with Gasteiger partial charge < -0.3 is 15.2 Å². The minimum atomic E-state index is -1.20. The van der Waals surface area contributed by atoms with Gasteiger partial charge in [-0.05, 0) is 37.1 Å². The molecule has 6 nitrogen and oxygen atoms in total. The number of rotatable bonds is 6. The van der Waals surface area contributed by atoms with Crippen molar-refractivity contribution >= 4 is 33.8 Å². The van der Waals surface area contributed by atoms with Gasteiger partial charge in [0, 0.05) is 16.5 Å². The van der Waals surface area contributed by atoms with Crippen molar-refractivity contribution in [2.24, 2.45) is 0 Å². The molecule has 0 aliphatic rings. The van der Waals surface area contributed by atoms with Crippen molar-refractivity contribution in [2.75, 3.05) is 7.11 Å². The summed E-state index contributed by atoms with van der Waals surface area (Å²) < 4.78 is 5.18. The molecule has 0 aliphatic heterocycles. The Morgan fingerprint density at radius 3 is 2.52 bits per heavy atom. The van der Waals surface area contributed by atoms with Crippen LogP contribution in [-0.4, -0.2) is 36.1 Å². The number of carboxylic acid groups (broad SMARTS) is 1. The van der Waals surface area contributed by atoms with Gasteiger partial charge in [0.05, 0.1) is 7.11 Å². The molecule has 0 radical (unpaired) electrons. The number of methoxy groups -OCH3 is 1. The van der Waals surface area contributed by atoms with Crippen molar-refractivity contribution in [1.82, 2.24) is 5.32 Å². The third-order valence-corrected chi connectivity index (χ3v) is 3.23. The van der Waals surface area contributed by atoms with Crippen LogP contribution in [0, 0.1) is 6.92 Å². The van der Waals surface area contributed by atoms with E-state index >= 15 is 0 Å². The zero-order valence-corrected chi connectivity index (χ0v) is 13.3. The van der Waals surface area contributed by atoms with Crippen LogP contribution in [0.4, 0.5) is 0 Å². The van der Waals surface area contributed by atoms with Crippen LogP contribution in [0.5, 0.6) is 0 Å². The van der Waals surface area contributed by atoms with Crippen LogP contribution in [0.15, 0.2) is 22.7 Å². The fourth-order valence-electron chi connectivity index (χ4n) is 1.73. The van der Waals surface area contributed by atoms with Gasteiger partial charge in [0.2, 0.25) is 0 Å². The van der Waals surface area contributed by atoms with E-state index < -0.39 is 23.9 Å². The number of hydrogen-bond donors (Lipinski definition) is 2. The molecule has 0 saturated heterocycles. The van der Waals surface area contributed by atoms with Gasteiger partial charge in [-0.1, -0.05) is 15.9 Å². The second-order valence-electron chi connectivity index (χ2n) is 4.50. The molecule has 0 aromatic heterocycles. The molecule has 0 aliphatic carbocycles. The molecule has 1 aromatic rings. The molecule has 0 spiro atoms. The molecule has 114 valence electrons. The van der Waals surface area contributed by atoms with E-state index in [4.69, 9.17) is 5.11 Å². The summed E-state index contributed by atoms with van der Waals surface area (Å²) in [6.07, 6.45) is -0.105. The first-order valence-electron chi connectivity index (χ1n) is 6.21. The standard InChI is InChI=1S/C14H16BrNO5/c1-8-5-9(7-10(15)6-8)13(18)16-11(14(19)20)3-4-12(17)21-2/h5-7,11H,3-4H2,1-2H3,(H,16,18)(H,19,20)/t11-/m1/s1. The highest BCUT2D eigenvalue weighted by Crippen LogP contribution is 2.15. The zero-order valence-electron chi connectivity index (χ0n) is 11.7. The normalized spacial score (nSPS) is 11.6. The maximum Gasteiger partial charge on any atom is 0.326 e. The van der Waals surface area contributed by atoms with Gasteiger partial charge in [-0.25, -0.2) is 4.79 Å². The third-order valence-electron chi connectivity index (χ3n) is 2.77. The monoisotopic (exact) mass is 357 g/mol. The predicted octanol–water partition coefficient (Wildman–Crippen LogP) is 1.89. The minimum Gasteiger partial charge on any atom is -0.480 e. The summed E-state index contributed by atoms with van der Waals surface area (Å²) in [5, 5.41) is 11.5. The molecule has 2 N–H and O–H groups in total. The molecule has 0 unspecified atom stereocenters. The summed E-state index contributed by atoms with van der Waals surface area (Å²) in [7, 11) is 1.22. The number of ether oxygens (including phenoxy) is 1. The predicted molar refractivity (Wildman–Crippen MR) is 79.0 cm³/mol. The van der Waals surface area contributed by atoms with Gasteiger partial charge in [-0.15, -0.1) is 0 Å². The van der Waals surface area contributed by atoms with E-state index in [2.05, 4.69) is 26.0 Å². The molecule has 1 atom stereocenters. The van der Waals surface area contributed by atoms with E-state index in [1.54, 1.807) is 12.1 Å². The summed E-state index contributed by atoms with van der Waals surface area (Å²) >= 11 is 3.28. The number of nitrogens with one attached hydrogen (secondary N) is 1. The Bertz CT molecular complexity index is 538. The lowest BCUT2D eigenvalue weighted by Gasteiger charge is -2.14. The minimum absolute atomic E-state index is 0.0271. The lowest BCUT2D eigenvalue weighted by Crippen LogP contribution is -2.41. The van der Waals surface area contributed by atoms with Gasteiger partial charge in [0.1, 0.15) is 6.04 Å². The number of amides is 1. The topological polar surface area (TPSA) is 92.7 Å². The lowest BCUT2D eigenvalue weighted by molar-refractivity contribution is -0.142. The van der Waals surface area contributed by atoms with Gasteiger partial charge >= 0.3 is 11.9 Å². The SMILES string of the molecule is COC(=O)CC[C@@H](NC(=O)c1cc(C)cc(Br)c1)C(=O)O. The molecule has 0 heterocycles. The number of carbonyl (C=O) groups excluding carboxylic acids is 2. The summed E-state index contributed by atoms with van der Waals surface area (Å²) in [4.78, 5) is 34.2. The summed E-state index contributed by atoms with van der Waals surface area (Å²) in [5.74, 6) is -2.22. The number of aryl methyl sites for hydroxylation is 1. The maximum absolute atomic E-state index is 12.1. The molecule has 1 rings (SSSR count). The van der Waals surface area contributed by atoms with E-state index in [-0.39, 0.29) is 12.8 Å². The summed E-state index contributed by atoms with van der Waals surface area (Å²) in [5.41, 5.74) is 1.22. The number of aliphatic carboxylic acids is 1. The van der Waals surface area contributed by atoms with Crippen LogP contribution in [-0.2, 0) is 14.3 Å². The quantitative estimate of drug-likeness (QED) is 0.758. The van der Waals surface area contributed by atoms with Crippen LogP contribution in [0.1, 0.15) is 28.8 Å². The molecule has 0 bridgehead atoms. The lowest BCUT2D eigenvalue weighted by atomic mass is 10.1. The molecular weight excluding hydrogens is 342 g/mol. The van der Waals surface area contributed by atoms with Crippen LogP contribution < -0.4 is 5.32 Å². The number of benzene rings is 1. The number of carboxylic acids is 1. The summed E-state index contributed by atoms with van der Waals surface area (Å²) in [6, 6.07) is 3.94. The van der Waals surface area contributed by atoms with Crippen molar-refractivity contribution < 1.29 is 24.2 Å². The van der Waals surface area contributed by atoms with E-state index in [0.717, 1.165) is 10.0 Å². The second-order valence-corrected chi connectivity index (χ2v) is 5.41. The number of hydrogen-bond acceptors (Lipinski definition) is 4. The smallest absolute Gasteiger partial charge is 0.326 e. The Balaban J connectivity index is 2.76. The fraction of sp³-hybridized carbons (Fsp3) is 0.357. The highest BCUT2D eigenvalue weighted by molar-refractivity contribution is 9.10. The average molecular weight is 358 g/mol. The van der Waals surface area contributed by atoms with Crippen molar-refractivity contribution in [3.63, 3.8) is 0 Å². The van der Waals surface area contributed by atoms with E-state index in [1.807, 2.05) is 13.0 Å². The first-order valence-corrected chi connectivity index (χ1v) is 7.00. The second kappa shape index (κ2) is 7.78. The Kier molecular flexibility index (Phi) is 6.36. The number of halogens is 1. The molecule has 1 aromatic carbocycles. The molecular formula is C14H16BrNO5. The summed E-state index contributed by atoms with van der Waals surface area (Å²) in [6.45, 7) is 1.83. The van der Waals surface area contributed by atoms with E-state index in [9.17, 15) is 14.4 Å². The van der Waals surface area contributed by atoms with Crippen LogP contribution in [0.25, 0.3) is 0 Å². The Hall–Kier alpha value is -1.89.